The number of aliphatic hydroxyl groups is 1. The van der Waals surface area contributed by atoms with Gasteiger partial charge in [0.2, 0.25) is 0 Å². The number of halogens is 1. The number of hydrogen-bond donors (Lipinski definition) is 2. The molecule has 2 N–H and O–H groups in total. The molecule has 4 heteroatoms. The average molecular weight is 145 g/mol. The molecule has 0 aromatic rings. The first-order chi connectivity index (χ1) is 4.09. The smallest absolute Gasteiger partial charge is 0.142 e. The Kier molecular flexibility index (Phi) is 2.75. The highest BCUT2D eigenvalue weighted by molar-refractivity contribution is 6.69. The molecule has 0 unspecified atom stereocenters. The summed E-state index contributed by atoms with van der Waals surface area (Å²) in [5.41, 5.74) is -0.184. The van der Waals surface area contributed by atoms with E-state index in [2.05, 4.69) is 0 Å². The molecule has 0 spiro atoms. The molecule has 0 fully saturated rings. The average Bonchev–Trinajstić information content (AvgIpc) is 1.64. The molecule has 0 aliphatic heterocycles. The van der Waals surface area contributed by atoms with Crippen molar-refractivity contribution in [2.24, 2.45) is 0 Å². The molecule has 0 aromatic carbocycles. The molecular weight excluding hydrogens is 140 g/mol. The predicted molar refractivity (Wildman–Crippen MR) is 34.5 cm³/mol. The zero-order chi connectivity index (χ0) is 7.44. The molecule has 0 aliphatic carbocycles. The first-order valence-electron chi connectivity index (χ1n) is 2.14. The number of hydrogen-bond acceptors (Lipinski definition) is 3. The lowest BCUT2D eigenvalue weighted by atomic mass is 10.3. The summed E-state index contributed by atoms with van der Waals surface area (Å²) >= 11 is 5.08. The van der Waals surface area contributed by atoms with Crippen LogP contribution in [-0.2, 0) is 0 Å². The van der Waals surface area contributed by atoms with E-state index in [0.29, 0.717) is 0 Å². The van der Waals surface area contributed by atoms with Gasteiger partial charge < -0.3 is 5.11 Å². The molecule has 3 nitrogen and oxygen atoms in total. The van der Waals surface area contributed by atoms with Gasteiger partial charge in [-0.15, -0.1) is 0 Å². The van der Waals surface area contributed by atoms with Crippen molar-refractivity contribution in [2.45, 2.75) is 6.92 Å². The van der Waals surface area contributed by atoms with Gasteiger partial charge in [-0.3, -0.25) is 5.41 Å². The van der Waals surface area contributed by atoms with Gasteiger partial charge in [-0.25, -0.2) is 0 Å². The quantitative estimate of drug-likeness (QED) is 0.333. The van der Waals surface area contributed by atoms with Gasteiger partial charge in [0.1, 0.15) is 22.6 Å². The van der Waals surface area contributed by atoms with E-state index >= 15 is 0 Å². The van der Waals surface area contributed by atoms with Gasteiger partial charge in [0.25, 0.3) is 0 Å². The van der Waals surface area contributed by atoms with Crippen LogP contribution in [0.3, 0.4) is 0 Å². The zero-order valence-electron chi connectivity index (χ0n) is 4.77. The highest BCUT2D eigenvalue weighted by atomic mass is 35.5. The van der Waals surface area contributed by atoms with Crippen molar-refractivity contribution in [3.8, 4) is 6.07 Å². The van der Waals surface area contributed by atoms with Crippen molar-refractivity contribution in [3.05, 3.63) is 11.3 Å². The minimum Gasteiger partial charge on any atom is -0.511 e. The standard InChI is InChI=1S/C5H5ClN2O/c1-3(9)4(2-7)5(6)8/h8-9H,1H3/b4-3-,8-5?. The Morgan fingerprint density at radius 3 is 2.22 bits per heavy atom. The minimum atomic E-state index is -0.433. The van der Waals surface area contributed by atoms with E-state index in [1.807, 2.05) is 0 Å². The Morgan fingerprint density at radius 1 is 1.78 bits per heavy atom. The van der Waals surface area contributed by atoms with E-state index in [9.17, 15) is 0 Å². The van der Waals surface area contributed by atoms with E-state index in [1.54, 1.807) is 6.07 Å². The Labute approximate surface area is 57.7 Å². The summed E-state index contributed by atoms with van der Waals surface area (Å²) in [5, 5.41) is 23.1. The maximum Gasteiger partial charge on any atom is 0.142 e. The van der Waals surface area contributed by atoms with Crippen molar-refractivity contribution < 1.29 is 5.11 Å². The Hall–Kier alpha value is -1.01. The summed E-state index contributed by atoms with van der Waals surface area (Å²) in [6.45, 7) is 1.30. The molecule has 0 atom stereocenters. The van der Waals surface area contributed by atoms with Gasteiger partial charge in [0, 0.05) is 0 Å². The van der Waals surface area contributed by atoms with Crippen molar-refractivity contribution in [2.75, 3.05) is 0 Å². The van der Waals surface area contributed by atoms with Crippen LogP contribution in [0.2, 0.25) is 0 Å². The van der Waals surface area contributed by atoms with E-state index < -0.39 is 5.17 Å². The maximum absolute atomic E-state index is 8.61. The second kappa shape index (κ2) is 3.10. The Morgan fingerprint density at radius 2 is 2.22 bits per heavy atom. The summed E-state index contributed by atoms with van der Waals surface area (Å²) in [7, 11) is 0. The number of allylic oxidation sites excluding steroid dienone is 2. The van der Waals surface area contributed by atoms with Crippen LogP contribution in [0.5, 0.6) is 0 Å². The molecule has 48 valence electrons. The summed E-state index contributed by atoms with van der Waals surface area (Å²) in [5.74, 6) is -0.225. The van der Waals surface area contributed by atoms with Crippen molar-refractivity contribution in [3.63, 3.8) is 0 Å². The molecule has 0 amide bonds. The summed E-state index contributed by atoms with van der Waals surface area (Å²) in [6, 6.07) is 1.57. The van der Waals surface area contributed by atoms with Crippen molar-refractivity contribution >= 4 is 16.8 Å². The van der Waals surface area contributed by atoms with Crippen LogP contribution in [0.25, 0.3) is 0 Å². The number of rotatable bonds is 1. The van der Waals surface area contributed by atoms with Crippen molar-refractivity contribution in [1.29, 1.82) is 10.7 Å². The van der Waals surface area contributed by atoms with Gasteiger partial charge in [0.05, 0.1) is 0 Å². The molecule has 0 radical (unpaired) electrons. The first kappa shape index (κ1) is 7.99. The van der Waals surface area contributed by atoms with Gasteiger partial charge in [-0.1, -0.05) is 11.6 Å². The SMILES string of the molecule is C/C(O)=C(\C#N)C(=N)Cl. The van der Waals surface area contributed by atoms with Gasteiger partial charge in [-0.05, 0) is 6.92 Å². The minimum absolute atomic E-state index is 0.184. The van der Waals surface area contributed by atoms with Gasteiger partial charge in [0.15, 0.2) is 0 Å². The highest BCUT2D eigenvalue weighted by Crippen LogP contribution is 2.03. The topological polar surface area (TPSA) is 67.9 Å². The fourth-order valence-electron chi connectivity index (χ4n) is 0.289. The monoisotopic (exact) mass is 144 g/mol. The third-order valence-electron chi connectivity index (χ3n) is 0.693. The molecule has 0 aliphatic rings. The predicted octanol–water partition coefficient (Wildman–Crippen LogP) is 1.56. The fourth-order valence-corrected chi connectivity index (χ4v) is 0.468. The lowest BCUT2D eigenvalue weighted by Crippen LogP contribution is -1.92. The van der Waals surface area contributed by atoms with Crippen molar-refractivity contribution in [1.82, 2.24) is 0 Å². The zero-order valence-corrected chi connectivity index (χ0v) is 5.53. The van der Waals surface area contributed by atoms with Gasteiger partial charge in [-0.2, -0.15) is 5.26 Å². The van der Waals surface area contributed by atoms with E-state index in [1.165, 1.54) is 6.92 Å². The van der Waals surface area contributed by atoms with E-state index in [-0.39, 0.29) is 11.3 Å². The van der Waals surface area contributed by atoms with Crippen LogP contribution in [0.15, 0.2) is 11.3 Å². The third-order valence-corrected chi connectivity index (χ3v) is 0.882. The molecule has 0 saturated carbocycles. The third kappa shape index (κ3) is 2.15. The molecule has 0 saturated heterocycles. The summed E-state index contributed by atoms with van der Waals surface area (Å²) < 4.78 is 0. The molecule has 9 heavy (non-hydrogen) atoms. The summed E-state index contributed by atoms with van der Waals surface area (Å²) in [6.07, 6.45) is 0. The lowest BCUT2D eigenvalue weighted by Gasteiger charge is -1.91. The van der Waals surface area contributed by atoms with E-state index in [0.717, 1.165) is 0 Å². The lowest BCUT2D eigenvalue weighted by molar-refractivity contribution is 0.412. The fraction of sp³-hybridized carbons (Fsp3) is 0.200. The second-order valence-electron chi connectivity index (χ2n) is 1.39. The second-order valence-corrected chi connectivity index (χ2v) is 1.76. The number of nitrogens with one attached hydrogen (secondary N) is 1. The first-order valence-corrected chi connectivity index (χ1v) is 2.51. The Balaban J connectivity index is 4.62. The largest absolute Gasteiger partial charge is 0.511 e. The molecule has 0 rings (SSSR count). The van der Waals surface area contributed by atoms with Crippen LogP contribution in [0, 0.1) is 16.7 Å². The Bertz CT molecular complexity index is 197. The normalized spacial score (nSPS) is 11.7. The molecule has 0 bridgehead atoms. The number of nitriles is 1. The highest BCUT2D eigenvalue weighted by Gasteiger charge is 2.03. The van der Waals surface area contributed by atoms with E-state index in [4.69, 9.17) is 27.4 Å². The van der Waals surface area contributed by atoms with Crippen LogP contribution in [-0.4, -0.2) is 10.3 Å². The maximum atomic E-state index is 8.61. The van der Waals surface area contributed by atoms with Crippen LogP contribution < -0.4 is 0 Å². The van der Waals surface area contributed by atoms with Crippen LogP contribution in [0.1, 0.15) is 6.92 Å². The van der Waals surface area contributed by atoms with Crippen LogP contribution >= 0.6 is 11.6 Å². The van der Waals surface area contributed by atoms with Gasteiger partial charge >= 0.3 is 0 Å². The molecule has 0 aromatic heterocycles. The number of aliphatic hydroxyl groups excluding tert-OH is 1. The molecule has 0 heterocycles. The summed E-state index contributed by atoms with van der Waals surface area (Å²) in [4.78, 5) is 0. The molecular formula is C5H5ClN2O. The number of nitrogens with zero attached hydrogens (tertiary/aromatic N) is 1. The van der Waals surface area contributed by atoms with Crippen LogP contribution in [0.4, 0.5) is 0 Å².